The van der Waals surface area contributed by atoms with Crippen molar-refractivity contribution in [2.45, 2.75) is 58.8 Å². The number of aromatic nitrogens is 2. The van der Waals surface area contributed by atoms with E-state index in [1.54, 1.807) is 22.7 Å². The molecule has 4 aromatic rings. The molecule has 0 aliphatic heterocycles. The van der Waals surface area contributed by atoms with Crippen LogP contribution in [0.3, 0.4) is 0 Å². The van der Waals surface area contributed by atoms with Crippen LogP contribution in [-0.2, 0) is 37.4 Å². The molecular formula is C27H28IrN2S2-2. The standard InChI is InChI=1S/C27H28N2S2.Ir/c1-26(2,3)24-15-13-22(30-24)20-11-7-9-18(28-20)17-19-10-8-12-21(29-19)23-14-16-25(31-23)27(4,5)6;/h7-12,15-16H,17H2,1-6H3;/q-2;. The molecule has 0 saturated carbocycles. The van der Waals surface area contributed by atoms with E-state index in [-0.39, 0.29) is 30.9 Å². The van der Waals surface area contributed by atoms with Gasteiger partial charge in [0.15, 0.2) is 0 Å². The van der Waals surface area contributed by atoms with Gasteiger partial charge in [-0.2, -0.15) is 24.3 Å². The van der Waals surface area contributed by atoms with Gasteiger partial charge in [0, 0.05) is 37.9 Å². The number of thiophene rings is 2. The molecule has 169 valence electrons. The Labute approximate surface area is 213 Å². The fourth-order valence-electron chi connectivity index (χ4n) is 3.19. The number of hydrogen-bond acceptors (Lipinski definition) is 4. The summed E-state index contributed by atoms with van der Waals surface area (Å²) in [6, 6.07) is 23.4. The first-order chi connectivity index (χ1) is 14.6. The van der Waals surface area contributed by atoms with Crippen molar-refractivity contribution in [1.29, 1.82) is 0 Å². The average molecular weight is 637 g/mol. The van der Waals surface area contributed by atoms with Crippen LogP contribution in [0.5, 0.6) is 0 Å². The van der Waals surface area contributed by atoms with Crippen molar-refractivity contribution in [3.63, 3.8) is 0 Å². The van der Waals surface area contributed by atoms with E-state index in [0.29, 0.717) is 6.42 Å². The summed E-state index contributed by atoms with van der Waals surface area (Å²) in [6.07, 6.45) is 0.705. The zero-order chi connectivity index (χ0) is 22.2. The first-order valence-electron chi connectivity index (χ1n) is 10.6. The summed E-state index contributed by atoms with van der Waals surface area (Å²) in [4.78, 5) is 14.7. The van der Waals surface area contributed by atoms with Gasteiger partial charge in [-0.1, -0.05) is 85.3 Å². The van der Waals surface area contributed by atoms with Crippen LogP contribution in [0.1, 0.15) is 62.7 Å². The minimum atomic E-state index is 0. The molecule has 0 N–H and O–H groups in total. The van der Waals surface area contributed by atoms with Crippen LogP contribution < -0.4 is 0 Å². The Morgan fingerprint density at radius 1 is 0.688 bits per heavy atom. The molecule has 0 fully saturated rings. The number of rotatable bonds is 4. The Bertz CT molecular complexity index is 1100. The first-order valence-corrected chi connectivity index (χ1v) is 12.2. The van der Waals surface area contributed by atoms with Crippen LogP contribution in [0.2, 0.25) is 0 Å². The van der Waals surface area contributed by atoms with Crippen LogP contribution in [0.25, 0.3) is 21.1 Å². The fourth-order valence-corrected chi connectivity index (χ4v) is 5.15. The second-order valence-electron chi connectivity index (χ2n) is 9.87. The molecule has 0 aliphatic carbocycles. The third-order valence-corrected chi connectivity index (χ3v) is 7.97. The summed E-state index contributed by atoms with van der Waals surface area (Å²) in [6.45, 7) is 13.4. The normalized spacial score (nSPS) is 11.9. The van der Waals surface area contributed by atoms with Crippen molar-refractivity contribution in [2.75, 3.05) is 0 Å². The number of pyridine rings is 2. The third-order valence-electron chi connectivity index (χ3n) is 5.01. The molecule has 0 aromatic carbocycles. The first kappa shape index (κ1) is 25.0. The zero-order valence-corrected chi connectivity index (χ0v) is 23.4. The maximum absolute atomic E-state index is 4.91. The van der Waals surface area contributed by atoms with E-state index < -0.39 is 0 Å². The van der Waals surface area contributed by atoms with E-state index in [1.165, 1.54) is 9.75 Å². The summed E-state index contributed by atoms with van der Waals surface area (Å²) in [5.74, 6) is 0. The number of hydrogen-bond donors (Lipinski definition) is 0. The van der Waals surface area contributed by atoms with Gasteiger partial charge in [-0.05, 0) is 34.4 Å². The Morgan fingerprint density at radius 2 is 1.09 bits per heavy atom. The summed E-state index contributed by atoms with van der Waals surface area (Å²) >= 11 is 3.55. The zero-order valence-electron chi connectivity index (χ0n) is 19.4. The molecule has 0 spiro atoms. The van der Waals surface area contributed by atoms with E-state index >= 15 is 0 Å². The molecule has 0 unspecified atom stereocenters. The van der Waals surface area contributed by atoms with E-state index in [0.717, 1.165) is 32.5 Å². The molecule has 0 saturated heterocycles. The van der Waals surface area contributed by atoms with E-state index in [2.05, 4.69) is 102 Å². The van der Waals surface area contributed by atoms with Crippen molar-refractivity contribution in [2.24, 2.45) is 0 Å². The molecule has 5 heteroatoms. The van der Waals surface area contributed by atoms with Crippen LogP contribution in [0.15, 0.2) is 48.5 Å². The van der Waals surface area contributed by atoms with Gasteiger partial charge in [0.1, 0.15) is 0 Å². The molecule has 4 rings (SSSR count). The smallest absolute Gasteiger partial charge is 0.0320 e. The van der Waals surface area contributed by atoms with Crippen molar-refractivity contribution < 1.29 is 20.1 Å². The topological polar surface area (TPSA) is 25.8 Å². The molecule has 4 aromatic heterocycles. The molecular weight excluding hydrogens is 609 g/mol. The van der Waals surface area contributed by atoms with Gasteiger partial charge < -0.3 is 9.97 Å². The van der Waals surface area contributed by atoms with E-state index in [9.17, 15) is 0 Å². The van der Waals surface area contributed by atoms with Crippen molar-refractivity contribution in [3.05, 3.63) is 81.8 Å². The minimum Gasteiger partial charge on any atom is -0.315 e. The van der Waals surface area contributed by atoms with Gasteiger partial charge in [-0.25, -0.2) is 22.7 Å². The average Bonchev–Trinajstić information content (AvgIpc) is 3.38. The molecule has 4 heterocycles. The third kappa shape index (κ3) is 5.82. The summed E-state index contributed by atoms with van der Waals surface area (Å²) in [5, 5.41) is 0. The molecule has 2 nitrogen and oxygen atoms in total. The molecule has 0 amide bonds. The molecule has 0 bridgehead atoms. The fraction of sp³-hybridized carbons (Fsp3) is 0.333. The molecule has 0 atom stereocenters. The van der Waals surface area contributed by atoms with Crippen LogP contribution in [-0.4, -0.2) is 9.97 Å². The Hall–Kier alpha value is -1.65. The van der Waals surface area contributed by atoms with Gasteiger partial charge in [-0.3, -0.25) is 0 Å². The summed E-state index contributed by atoms with van der Waals surface area (Å²) in [5.41, 5.74) is 4.27. The second-order valence-corrected chi connectivity index (χ2v) is 12.0. The van der Waals surface area contributed by atoms with Crippen molar-refractivity contribution in [3.8, 4) is 21.1 Å². The van der Waals surface area contributed by atoms with Crippen LogP contribution in [0.4, 0.5) is 0 Å². The molecule has 32 heavy (non-hydrogen) atoms. The maximum atomic E-state index is 4.91. The van der Waals surface area contributed by atoms with Crippen molar-refractivity contribution in [1.82, 2.24) is 9.97 Å². The minimum absolute atomic E-state index is 0. The monoisotopic (exact) mass is 637 g/mol. The summed E-state index contributed by atoms with van der Waals surface area (Å²) in [7, 11) is 0. The Kier molecular flexibility index (Phi) is 7.56. The SMILES string of the molecule is CC(C)(C)c1c[c-]c(-c2cccc(Cc3cccc(-c4[c-]cc(C(C)(C)C)s4)n3)n2)s1.[Ir]. The summed E-state index contributed by atoms with van der Waals surface area (Å²) < 4.78 is 0. The predicted octanol–water partition coefficient (Wildman–Crippen LogP) is 7.72. The molecule has 0 aliphatic rings. The van der Waals surface area contributed by atoms with Crippen molar-refractivity contribution >= 4 is 22.7 Å². The van der Waals surface area contributed by atoms with Gasteiger partial charge in [0.05, 0.1) is 0 Å². The second kappa shape index (κ2) is 9.69. The Balaban J connectivity index is 0.00000289. The van der Waals surface area contributed by atoms with Crippen LogP contribution >= 0.6 is 22.7 Å². The largest absolute Gasteiger partial charge is 0.315 e. The maximum Gasteiger partial charge on any atom is 0.0320 e. The quantitative estimate of drug-likeness (QED) is 0.215. The van der Waals surface area contributed by atoms with Gasteiger partial charge in [0.25, 0.3) is 0 Å². The van der Waals surface area contributed by atoms with Gasteiger partial charge in [0.2, 0.25) is 0 Å². The Morgan fingerprint density at radius 3 is 1.44 bits per heavy atom. The molecule has 1 radical (unpaired) electrons. The van der Waals surface area contributed by atoms with E-state index in [4.69, 9.17) is 9.97 Å². The van der Waals surface area contributed by atoms with Gasteiger partial charge in [-0.15, -0.1) is 0 Å². The predicted molar refractivity (Wildman–Crippen MR) is 133 cm³/mol. The number of nitrogens with zero attached hydrogens (tertiary/aromatic N) is 2. The van der Waals surface area contributed by atoms with Gasteiger partial charge >= 0.3 is 0 Å². The van der Waals surface area contributed by atoms with E-state index in [1.807, 2.05) is 0 Å². The van der Waals surface area contributed by atoms with Crippen LogP contribution in [0, 0.1) is 12.1 Å².